The van der Waals surface area contributed by atoms with Crippen LogP contribution in [0.4, 0.5) is 0 Å². The van der Waals surface area contributed by atoms with Crippen molar-refractivity contribution in [2.24, 2.45) is 32.9 Å². The van der Waals surface area contributed by atoms with Gasteiger partial charge in [0.2, 0.25) is 5.96 Å². The van der Waals surface area contributed by atoms with Crippen molar-refractivity contribution in [1.29, 1.82) is 0 Å². The molecular formula is C62H124N6O6. The number of unbranched alkanes of at least 4 members (excludes halogenated alkanes) is 42. The average Bonchev–Trinajstić information content (AvgIpc) is 3.38. The first kappa shape index (κ1) is 73.2. The largest absolute Gasteiger partial charge is 0.462 e. The van der Waals surface area contributed by atoms with Crippen LogP contribution in [0.25, 0.3) is 0 Å². The molecule has 12 heteroatoms. The van der Waals surface area contributed by atoms with Crippen molar-refractivity contribution in [2.45, 2.75) is 341 Å². The van der Waals surface area contributed by atoms with E-state index >= 15 is 0 Å². The summed E-state index contributed by atoms with van der Waals surface area (Å²) in [5, 5.41) is 0. The lowest BCUT2D eigenvalue weighted by atomic mass is 10.0. The first-order chi connectivity index (χ1) is 36.2. The van der Waals surface area contributed by atoms with Crippen molar-refractivity contribution in [3.63, 3.8) is 0 Å². The van der Waals surface area contributed by atoms with Gasteiger partial charge in [0.15, 0.2) is 12.1 Å². The van der Waals surface area contributed by atoms with Crippen molar-refractivity contribution < 1.29 is 28.6 Å². The van der Waals surface area contributed by atoms with E-state index in [0.717, 1.165) is 64.2 Å². The number of esters is 3. The smallest absolute Gasteiger partial charge is 0.306 e. The molecule has 0 saturated heterocycles. The molecule has 0 saturated carbocycles. The van der Waals surface area contributed by atoms with Crippen molar-refractivity contribution in [3.05, 3.63) is 0 Å². The Kier molecular flexibility index (Phi) is 62.0. The summed E-state index contributed by atoms with van der Waals surface area (Å²) in [6.07, 6.45) is 58.8. The molecule has 0 aromatic heterocycles. The zero-order valence-electron chi connectivity index (χ0n) is 49.2. The lowest BCUT2D eigenvalue weighted by Gasteiger charge is -2.18. The maximum atomic E-state index is 12.8. The van der Waals surface area contributed by atoms with Crippen LogP contribution in [0.5, 0.6) is 0 Å². The summed E-state index contributed by atoms with van der Waals surface area (Å²) < 4.78 is 16.9. The van der Waals surface area contributed by atoms with Gasteiger partial charge < -0.3 is 37.1 Å². The number of carbonyl (C=O) groups is 3. The molecule has 0 spiro atoms. The highest BCUT2D eigenvalue weighted by atomic mass is 16.6. The van der Waals surface area contributed by atoms with Crippen LogP contribution in [-0.2, 0) is 28.6 Å². The summed E-state index contributed by atoms with van der Waals surface area (Å²) >= 11 is 0. The van der Waals surface area contributed by atoms with Crippen molar-refractivity contribution in [2.75, 3.05) is 26.3 Å². The zero-order chi connectivity index (χ0) is 54.5. The Balaban J connectivity index is 0. The first-order valence-corrected chi connectivity index (χ1v) is 31.8. The normalized spacial score (nSPS) is 11.4. The Morgan fingerprint density at radius 3 is 0.838 bits per heavy atom. The van der Waals surface area contributed by atoms with Gasteiger partial charge >= 0.3 is 17.9 Å². The number of nitrogens with zero attached hydrogens (tertiary/aromatic N) is 2. The van der Waals surface area contributed by atoms with Gasteiger partial charge in [0.05, 0.1) is 0 Å². The molecular weight excluding hydrogens is 925 g/mol. The quantitative estimate of drug-likeness (QED) is 0.0149. The van der Waals surface area contributed by atoms with Crippen LogP contribution >= 0.6 is 0 Å². The number of carbonyl (C=O) groups excluding carboxylic acids is 3. The molecule has 0 fully saturated rings. The molecule has 8 N–H and O–H groups in total. The van der Waals surface area contributed by atoms with E-state index in [-0.39, 0.29) is 43.0 Å². The van der Waals surface area contributed by atoms with E-state index in [4.69, 9.17) is 37.1 Å². The zero-order valence-corrected chi connectivity index (χ0v) is 49.2. The maximum Gasteiger partial charge on any atom is 0.306 e. The highest BCUT2D eigenvalue weighted by molar-refractivity contribution is 5.92. The number of rotatable bonds is 56. The van der Waals surface area contributed by atoms with Crippen LogP contribution in [0, 0.1) is 0 Å². The monoisotopic (exact) mass is 1050 g/mol. The van der Waals surface area contributed by atoms with Crippen LogP contribution in [0.2, 0.25) is 0 Å². The summed E-state index contributed by atoms with van der Waals surface area (Å²) in [6, 6.07) is 0. The molecule has 0 atom stereocenters. The van der Waals surface area contributed by atoms with Gasteiger partial charge in [-0.15, -0.1) is 0 Å². The number of nitrogens with two attached hydrogens (primary N) is 4. The van der Waals surface area contributed by atoms with Gasteiger partial charge in [-0.1, -0.05) is 290 Å². The topological polar surface area (TPSA) is 208 Å². The fraction of sp³-hybridized carbons (Fsp3) is 0.919. The van der Waals surface area contributed by atoms with Crippen molar-refractivity contribution in [3.8, 4) is 0 Å². The second-order valence-corrected chi connectivity index (χ2v) is 21.5. The van der Waals surface area contributed by atoms with E-state index in [1.807, 2.05) is 0 Å². The van der Waals surface area contributed by atoms with E-state index < -0.39 is 6.10 Å². The number of ether oxygens (including phenoxy) is 3. The SMILES string of the molecule is CCCCCCCCCCCCCCCCCC(=O)OCC(COC(=O)CCCCCCCCCCCCCCCCC)OC(=O)CCCCCCCCCCCCCCCCC.NCCCN=C(N)N=C(N)N. The highest BCUT2D eigenvalue weighted by Crippen LogP contribution is 2.18. The molecule has 0 aliphatic heterocycles. The van der Waals surface area contributed by atoms with Gasteiger partial charge in [-0.25, -0.2) is 0 Å². The van der Waals surface area contributed by atoms with Crippen LogP contribution in [-0.4, -0.2) is 62.2 Å². The summed E-state index contributed by atoms with van der Waals surface area (Å²) in [6.45, 7) is 7.84. The predicted molar refractivity (Wildman–Crippen MR) is 316 cm³/mol. The highest BCUT2D eigenvalue weighted by Gasteiger charge is 2.19. The summed E-state index contributed by atoms with van der Waals surface area (Å²) in [7, 11) is 0. The Morgan fingerprint density at radius 1 is 0.351 bits per heavy atom. The van der Waals surface area contributed by atoms with Crippen LogP contribution < -0.4 is 22.9 Å². The number of hydrogen-bond acceptors (Lipinski definition) is 8. The Hall–Kier alpha value is -2.89. The van der Waals surface area contributed by atoms with Crippen LogP contribution in [0.15, 0.2) is 9.98 Å². The van der Waals surface area contributed by atoms with Gasteiger partial charge in [-0.3, -0.25) is 19.4 Å². The van der Waals surface area contributed by atoms with Gasteiger partial charge in [-0.05, 0) is 32.2 Å². The second kappa shape index (κ2) is 62.6. The average molecular weight is 1050 g/mol. The Labute approximate surface area is 457 Å². The minimum Gasteiger partial charge on any atom is -0.462 e. The number of guanidine groups is 2. The molecule has 0 aliphatic rings. The lowest BCUT2D eigenvalue weighted by molar-refractivity contribution is -0.167. The molecule has 0 bridgehead atoms. The Bertz CT molecular complexity index is 1200. The van der Waals surface area contributed by atoms with Gasteiger partial charge in [0, 0.05) is 25.8 Å². The molecule has 0 rings (SSSR count). The van der Waals surface area contributed by atoms with Gasteiger partial charge in [0.1, 0.15) is 13.2 Å². The van der Waals surface area contributed by atoms with Gasteiger partial charge in [-0.2, -0.15) is 4.99 Å². The predicted octanol–water partition coefficient (Wildman–Crippen LogP) is 16.7. The summed E-state index contributed by atoms with van der Waals surface area (Å²) in [5.74, 6) is -0.821. The van der Waals surface area contributed by atoms with E-state index in [0.29, 0.717) is 32.4 Å². The molecule has 0 aliphatic carbocycles. The van der Waals surface area contributed by atoms with Crippen LogP contribution in [0.3, 0.4) is 0 Å². The standard InChI is InChI=1S/C57H110O6.C5H14N6/c1-4-7-10-13-16-19-22-25-28-31-34-37-40-43-46-49-55(58)61-52-54(63-57(60)51-48-45-42-39-36-33-30-27-24-21-18-15-12-9-6-3)53-62-56(59)50-47-44-41-38-35-32-29-26-23-20-17-14-11-8-5-2;6-2-1-3-10-5(9)11-4(7)8/h54H,4-53H2,1-3H3;1-3,6H2,(H6,7,8,9,10,11). The third-order valence-corrected chi connectivity index (χ3v) is 14.0. The molecule has 12 nitrogen and oxygen atoms in total. The van der Waals surface area contributed by atoms with E-state index in [9.17, 15) is 14.4 Å². The molecule has 0 aromatic rings. The van der Waals surface area contributed by atoms with Crippen molar-refractivity contribution >= 4 is 29.8 Å². The van der Waals surface area contributed by atoms with E-state index in [1.54, 1.807) is 0 Å². The van der Waals surface area contributed by atoms with Crippen molar-refractivity contribution in [1.82, 2.24) is 0 Å². The molecule has 438 valence electrons. The third-order valence-electron chi connectivity index (χ3n) is 14.0. The summed E-state index contributed by atoms with van der Waals surface area (Å²) in [4.78, 5) is 45.4. The molecule has 74 heavy (non-hydrogen) atoms. The first-order valence-electron chi connectivity index (χ1n) is 31.8. The molecule has 0 unspecified atom stereocenters. The lowest BCUT2D eigenvalue weighted by Crippen LogP contribution is -2.30. The number of aliphatic imine (C=N–C) groups is 2. The fourth-order valence-corrected chi connectivity index (χ4v) is 9.25. The fourth-order valence-electron chi connectivity index (χ4n) is 9.25. The molecule has 0 radical (unpaired) electrons. The summed E-state index contributed by atoms with van der Waals surface area (Å²) in [5.41, 5.74) is 20.6. The minimum atomic E-state index is -0.760. The maximum absolute atomic E-state index is 12.8. The molecule has 0 aromatic carbocycles. The second-order valence-electron chi connectivity index (χ2n) is 21.5. The molecule has 0 amide bonds. The number of hydrogen-bond donors (Lipinski definition) is 4. The van der Waals surface area contributed by atoms with Gasteiger partial charge in [0.25, 0.3) is 0 Å². The Morgan fingerprint density at radius 2 is 0.595 bits per heavy atom. The molecule has 0 heterocycles. The van der Waals surface area contributed by atoms with E-state index in [1.165, 1.54) is 231 Å². The minimum absolute atomic E-state index is 0.0611. The van der Waals surface area contributed by atoms with Crippen LogP contribution in [0.1, 0.15) is 335 Å². The van der Waals surface area contributed by atoms with E-state index in [2.05, 4.69) is 30.8 Å². The third kappa shape index (κ3) is 63.4.